The number of rotatable bonds is 6. The third-order valence-corrected chi connectivity index (χ3v) is 7.53. The third kappa shape index (κ3) is 5.68. The average Bonchev–Trinajstić information content (AvgIpc) is 2.84. The summed E-state index contributed by atoms with van der Waals surface area (Å²) in [6.07, 6.45) is 1.38. The zero-order valence-corrected chi connectivity index (χ0v) is 21.3. The van der Waals surface area contributed by atoms with Crippen LogP contribution in [0, 0.1) is 11.7 Å². The van der Waals surface area contributed by atoms with Crippen LogP contribution in [0.15, 0.2) is 48.5 Å². The number of carbonyl (C=O) groups is 2. The van der Waals surface area contributed by atoms with E-state index in [1.54, 1.807) is 23.1 Å². The first-order valence-corrected chi connectivity index (χ1v) is 12.7. The van der Waals surface area contributed by atoms with E-state index in [2.05, 4.69) is 29.4 Å². The Balaban J connectivity index is 1.43. The van der Waals surface area contributed by atoms with E-state index >= 15 is 0 Å². The second-order valence-corrected chi connectivity index (χ2v) is 10.5. The molecular formula is C27H34ClFN4O2. The Morgan fingerprint density at radius 2 is 1.91 bits per heavy atom. The van der Waals surface area contributed by atoms with Crippen molar-refractivity contribution in [2.45, 2.75) is 51.2 Å². The molecule has 2 fully saturated rings. The van der Waals surface area contributed by atoms with E-state index in [1.807, 2.05) is 25.1 Å². The lowest BCUT2D eigenvalue weighted by molar-refractivity contribution is -0.129. The van der Waals surface area contributed by atoms with Crippen LogP contribution >= 0.6 is 11.6 Å². The fraction of sp³-hybridized carbons (Fsp3) is 0.481. The number of nitrogens with one attached hydrogen (secondary N) is 2. The maximum absolute atomic E-state index is 13.3. The van der Waals surface area contributed by atoms with Crippen molar-refractivity contribution in [3.63, 3.8) is 0 Å². The van der Waals surface area contributed by atoms with E-state index in [9.17, 15) is 14.0 Å². The van der Waals surface area contributed by atoms with Crippen LogP contribution in [0.1, 0.15) is 45.2 Å². The summed E-state index contributed by atoms with van der Waals surface area (Å²) < 4.78 is 13.3. The van der Waals surface area contributed by atoms with Gasteiger partial charge in [-0.3, -0.25) is 14.5 Å². The summed E-state index contributed by atoms with van der Waals surface area (Å²) in [6.45, 7) is 8.38. The molecule has 0 bridgehead atoms. The summed E-state index contributed by atoms with van der Waals surface area (Å²) in [5.41, 5.74) is 1.33. The van der Waals surface area contributed by atoms with Crippen LogP contribution in [0.25, 0.3) is 0 Å². The van der Waals surface area contributed by atoms with Crippen LogP contribution in [0.2, 0.25) is 5.02 Å². The Kier molecular flexibility index (Phi) is 7.79. The van der Waals surface area contributed by atoms with E-state index in [-0.39, 0.29) is 47.7 Å². The van der Waals surface area contributed by atoms with E-state index in [4.69, 9.17) is 11.6 Å². The van der Waals surface area contributed by atoms with Crippen molar-refractivity contribution in [2.75, 3.05) is 31.1 Å². The topological polar surface area (TPSA) is 64.7 Å². The molecule has 2 aliphatic rings. The second kappa shape index (κ2) is 10.6. The minimum absolute atomic E-state index is 0.00589. The second-order valence-electron chi connectivity index (χ2n) is 10.1. The fourth-order valence-electron chi connectivity index (χ4n) is 5.29. The molecule has 2 aliphatic heterocycles. The van der Waals surface area contributed by atoms with Crippen LogP contribution in [0.5, 0.6) is 0 Å². The van der Waals surface area contributed by atoms with Crippen molar-refractivity contribution in [1.82, 2.24) is 15.5 Å². The van der Waals surface area contributed by atoms with Gasteiger partial charge >= 0.3 is 0 Å². The van der Waals surface area contributed by atoms with Gasteiger partial charge in [0.05, 0.1) is 29.2 Å². The SMILES string of the molecule is CC[C@@H](NC(=O)[C@@H]1CNC[C@H](N2CC(=O)N(c3ccccc3Cl)CC2(C)C)C1)c1ccc(F)cc1. The predicted molar refractivity (Wildman–Crippen MR) is 137 cm³/mol. The number of hydrogen-bond donors (Lipinski definition) is 2. The lowest BCUT2D eigenvalue weighted by Crippen LogP contribution is -2.67. The molecule has 2 N–H and O–H groups in total. The lowest BCUT2D eigenvalue weighted by atomic mass is 9.88. The summed E-state index contributed by atoms with van der Waals surface area (Å²) in [5.74, 6) is -0.514. The molecular weight excluding hydrogens is 467 g/mol. The number of nitrogens with zero attached hydrogens (tertiary/aromatic N) is 2. The fourth-order valence-corrected chi connectivity index (χ4v) is 5.52. The van der Waals surface area contributed by atoms with Crippen LogP contribution in [-0.4, -0.2) is 54.5 Å². The van der Waals surface area contributed by atoms with Crippen molar-refractivity contribution >= 4 is 29.1 Å². The summed E-state index contributed by atoms with van der Waals surface area (Å²) in [4.78, 5) is 30.4. The summed E-state index contributed by atoms with van der Waals surface area (Å²) >= 11 is 6.38. The van der Waals surface area contributed by atoms with Crippen LogP contribution in [0.4, 0.5) is 10.1 Å². The third-order valence-electron chi connectivity index (χ3n) is 7.21. The standard InChI is InChI=1S/C27H34ClFN4O2/c1-4-23(18-9-11-20(29)12-10-18)31-26(35)19-13-21(15-30-14-19)33-16-25(34)32(17-27(33,2)3)24-8-6-5-7-22(24)28/h5-12,19,21,23,30H,4,13-17H2,1-3H3,(H,31,35)/t19-,21+,23+/m0/s1. The smallest absolute Gasteiger partial charge is 0.241 e. The van der Waals surface area contributed by atoms with Crippen LogP contribution in [-0.2, 0) is 9.59 Å². The Labute approximate surface area is 211 Å². The molecule has 0 saturated carbocycles. The van der Waals surface area contributed by atoms with E-state index in [1.165, 1.54) is 12.1 Å². The van der Waals surface area contributed by atoms with Gasteiger partial charge in [-0.25, -0.2) is 4.39 Å². The first-order valence-electron chi connectivity index (χ1n) is 12.3. The van der Waals surface area contributed by atoms with Crippen LogP contribution in [0.3, 0.4) is 0 Å². The molecule has 188 valence electrons. The van der Waals surface area contributed by atoms with E-state index in [0.29, 0.717) is 31.0 Å². The number of para-hydroxylation sites is 1. The molecule has 4 rings (SSSR count). The number of carbonyl (C=O) groups excluding carboxylic acids is 2. The average molecular weight is 501 g/mol. The highest BCUT2D eigenvalue weighted by Crippen LogP contribution is 2.34. The van der Waals surface area contributed by atoms with Gasteiger partial charge in [-0.2, -0.15) is 0 Å². The molecule has 0 radical (unpaired) electrons. The van der Waals surface area contributed by atoms with Crippen molar-refractivity contribution < 1.29 is 14.0 Å². The zero-order valence-electron chi connectivity index (χ0n) is 20.6. The number of hydrogen-bond acceptors (Lipinski definition) is 4. The van der Waals surface area contributed by atoms with E-state index in [0.717, 1.165) is 17.8 Å². The van der Waals surface area contributed by atoms with Gasteiger partial charge in [0, 0.05) is 31.2 Å². The highest BCUT2D eigenvalue weighted by molar-refractivity contribution is 6.33. The van der Waals surface area contributed by atoms with Crippen molar-refractivity contribution in [3.05, 3.63) is 64.9 Å². The molecule has 2 aromatic carbocycles. The number of piperazine rings is 1. The molecule has 2 saturated heterocycles. The minimum Gasteiger partial charge on any atom is -0.349 e. The quantitative estimate of drug-likeness (QED) is 0.625. The minimum atomic E-state index is -0.294. The molecule has 2 aromatic rings. The van der Waals surface area contributed by atoms with Crippen molar-refractivity contribution in [3.8, 4) is 0 Å². The van der Waals surface area contributed by atoms with Crippen molar-refractivity contribution in [1.29, 1.82) is 0 Å². The van der Waals surface area contributed by atoms with Gasteiger partial charge in [0.15, 0.2) is 0 Å². The number of anilines is 1. The van der Waals surface area contributed by atoms with Gasteiger partial charge in [0.25, 0.3) is 0 Å². The highest BCUT2D eigenvalue weighted by atomic mass is 35.5. The summed E-state index contributed by atoms with van der Waals surface area (Å²) in [5, 5.41) is 7.12. The maximum Gasteiger partial charge on any atom is 0.241 e. The molecule has 6 nitrogen and oxygen atoms in total. The number of piperidine rings is 1. The largest absolute Gasteiger partial charge is 0.349 e. The predicted octanol–water partition coefficient (Wildman–Crippen LogP) is 4.15. The number of benzene rings is 2. The Morgan fingerprint density at radius 3 is 2.60 bits per heavy atom. The highest BCUT2D eigenvalue weighted by Gasteiger charge is 2.44. The van der Waals surface area contributed by atoms with Crippen LogP contribution < -0.4 is 15.5 Å². The first kappa shape index (κ1) is 25.6. The molecule has 0 unspecified atom stereocenters. The molecule has 0 aromatic heterocycles. The van der Waals surface area contributed by atoms with Gasteiger partial charge in [0.1, 0.15) is 5.82 Å². The Hall–Kier alpha value is -2.48. The Morgan fingerprint density at radius 1 is 1.20 bits per heavy atom. The monoisotopic (exact) mass is 500 g/mol. The molecule has 2 heterocycles. The summed E-state index contributed by atoms with van der Waals surface area (Å²) in [7, 11) is 0. The van der Waals surface area contributed by atoms with Gasteiger partial charge in [-0.15, -0.1) is 0 Å². The van der Waals surface area contributed by atoms with Crippen molar-refractivity contribution in [2.24, 2.45) is 5.92 Å². The lowest BCUT2D eigenvalue weighted by Gasteiger charge is -2.51. The molecule has 3 atom stereocenters. The molecule has 8 heteroatoms. The summed E-state index contributed by atoms with van der Waals surface area (Å²) in [6, 6.07) is 13.6. The molecule has 2 amide bonds. The first-order chi connectivity index (χ1) is 16.7. The van der Waals surface area contributed by atoms with Gasteiger partial charge in [0.2, 0.25) is 11.8 Å². The normalized spacial score (nSPS) is 23.7. The molecule has 0 aliphatic carbocycles. The van der Waals surface area contributed by atoms with Gasteiger partial charge < -0.3 is 15.5 Å². The molecule has 35 heavy (non-hydrogen) atoms. The molecule has 0 spiro atoms. The van der Waals surface area contributed by atoms with Gasteiger partial charge in [-0.1, -0.05) is 42.8 Å². The maximum atomic E-state index is 13.3. The zero-order chi connectivity index (χ0) is 25.2. The number of amides is 2. The van der Waals surface area contributed by atoms with Gasteiger partial charge in [-0.05, 0) is 56.5 Å². The van der Waals surface area contributed by atoms with E-state index < -0.39 is 0 Å². The Bertz CT molecular complexity index is 1060. The number of halogens is 2.